The molecule has 1 aliphatic heterocycles. The highest BCUT2D eigenvalue weighted by Crippen LogP contribution is 2.08. The molecule has 2 heterocycles. The van der Waals surface area contributed by atoms with E-state index < -0.39 is 0 Å². The Morgan fingerprint density at radius 3 is 3.11 bits per heavy atom. The summed E-state index contributed by atoms with van der Waals surface area (Å²) in [5.41, 5.74) is 1.40. The molecule has 0 amide bonds. The number of nitrogens with zero attached hydrogens (tertiary/aromatic N) is 2. The first kappa shape index (κ1) is 11.5. The highest BCUT2D eigenvalue weighted by atomic mass is 16.1. The Labute approximate surface area is 106 Å². The highest BCUT2D eigenvalue weighted by Gasteiger charge is 2.12. The van der Waals surface area contributed by atoms with E-state index in [4.69, 9.17) is 7.85 Å². The van der Waals surface area contributed by atoms with Gasteiger partial charge in [0.05, 0.1) is 10.9 Å². The normalized spacial score (nSPS) is 16.0. The van der Waals surface area contributed by atoms with E-state index in [9.17, 15) is 4.79 Å². The first-order valence-corrected chi connectivity index (χ1v) is 6.25. The minimum atomic E-state index is 0.0527. The molecule has 0 atom stereocenters. The topological polar surface area (TPSA) is 46.9 Å². The number of nitrogens with one attached hydrogen (secondary N) is 1. The molecule has 18 heavy (non-hydrogen) atoms. The Kier molecular flexibility index (Phi) is 2.92. The summed E-state index contributed by atoms with van der Waals surface area (Å²) in [6, 6.07) is 5.29. The molecule has 1 aliphatic rings. The fourth-order valence-electron chi connectivity index (χ4n) is 2.39. The first-order chi connectivity index (χ1) is 8.75. The Morgan fingerprint density at radius 2 is 2.22 bits per heavy atom. The maximum atomic E-state index is 12.4. The third kappa shape index (κ3) is 1.95. The lowest BCUT2D eigenvalue weighted by Crippen LogP contribution is -2.32. The average molecular weight is 239 g/mol. The summed E-state index contributed by atoms with van der Waals surface area (Å²) >= 11 is 0. The van der Waals surface area contributed by atoms with Crippen LogP contribution in [0.2, 0.25) is 0 Å². The van der Waals surface area contributed by atoms with Gasteiger partial charge < -0.3 is 5.32 Å². The average Bonchev–Trinajstić information content (AvgIpc) is 2.31. The predicted octanol–water partition coefficient (Wildman–Crippen LogP) is -0.274. The van der Waals surface area contributed by atoms with Crippen molar-refractivity contribution in [2.45, 2.75) is 19.4 Å². The largest absolute Gasteiger partial charge is 0.316 e. The quantitative estimate of drug-likeness (QED) is 0.643. The number of fused-ring (bicyclic) bond motifs is 2. The van der Waals surface area contributed by atoms with Gasteiger partial charge in [0.25, 0.3) is 5.56 Å². The van der Waals surface area contributed by atoms with E-state index >= 15 is 0 Å². The van der Waals surface area contributed by atoms with Gasteiger partial charge in [-0.1, -0.05) is 11.5 Å². The first-order valence-electron chi connectivity index (χ1n) is 6.25. The van der Waals surface area contributed by atoms with Crippen LogP contribution in [-0.2, 0) is 13.0 Å². The van der Waals surface area contributed by atoms with Gasteiger partial charge in [-0.25, -0.2) is 4.98 Å². The Bertz CT molecular complexity index is 650. The standard InChI is InChI=1S/C13H14BN3O/c14-9-2-3-10-11(8-9)16-12-4-6-15-5-1-7-17(12)13(10)18/h2-3,8,15H,1,4-7H2. The predicted molar refractivity (Wildman–Crippen MR) is 72.6 cm³/mol. The lowest BCUT2D eigenvalue weighted by molar-refractivity contribution is 0.510. The summed E-state index contributed by atoms with van der Waals surface area (Å²) in [7, 11) is 5.74. The molecule has 0 spiro atoms. The molecule has 0 fully saturated rings. The molecule has 0 saturated carbocycles. The molecule has 5 heteroatoms. The smallest absolute Gasteiger partial charge is 0.261 e. The Balaban J connectivity index is 2.26. The zero-order chi connectivity index (χ0) is 12.5. The van der Waals surface area contributed by atoms with Crippen molar-refractivity contribution in [1.29, 1.82) is 0 Å². The number of hydrogen-bond donors (Lipinski definition) is 1. The molecular formula is C13H14BN3O. The van der Waals surface area contributed by atoms with Gasteiger partial charge in [-0.05, 0) is 25.1 Å². The van der Waals surface area contributed by atoms with Crippen LogP contribution in [-0.4, -0.2) is 30.5 Å². The second-order valence-corrected chi connectivity index (χ2v) is 4.61. The lowest BCUT2D eigenvalue weighted by atomic mass is 9.95. The summed E-state index contributed by atoms with van der Waals surface area (Å²) in [5.74, 6) is 0.852. The zero-order valence-corrected chi connectivity index (χ0v) is 10.1. The van der Waals surface area contributed by atoms with E-state index in [1.807, 2.05) is 0 Å². The van der Waals surface area contributed by atoms with Crippen LogP contribution >= 0.6 is 0 Å². The van der Waals surface area contributed by atoms with Crippen molar-refractivity contribution >= 4 is 24.2 Å². The molecule has 90 valence electrons. The van der Waals surface area contributed by atoms with Gasteiger partial charge in [0, 0.05) is 19.5 Å². The Morgan fingerprint density at radius 1 is 1.33 bits per heavy atom. The van der Waals surface area contributed by atoms with Gasteiger partial charge in [0.15, 0.2) is 0 Å². The molecular weight excluding hydrogens is 225 g/mol. The van der Waals surface area contributed by atoms with Crippen molar-refractivity contribution in [3.05, 3.63) is 34.4 Å². The molecule has 4 nitrogen and oxygen atoms in total. The van der Waals surface area contributed by atoms with Crippen LogP contribution in [0.5, 0.6) is 0 Å². The van der Waals surface area contributed by atoms with Crippen molar-refractivity contribution in [3.63, 3.8) is 0 Å². The number of hydrogen-bond acceptors (Lipinski definition) is 3. The minimum Gasteiger partial charge on any atom is -0.316 e. The van der Waals surface area contributed by atoms with Crippen molar-refractivity contribution in [1.82, 2.24) is 14.9 Å². The van der Waals surface area contributed by atoms with Gasteiger partial charge in [-0.15, -0.1) is 0 Å². The minimum absolute atomic E-state index is 0.0527. The second-order valence-electron chi connectivity index (χ2n) is 4.61. The fraction of sp³-hybridized carbons (Fsp3) is 0.385. The summed E-state index contributed by atoms with van der Waals surface area (Å²) in [6.07, 6.45) is 1.73. The van der Waals surface area contributed by atoms with Crippen molar-refractivity contribution in [2.24, 2.45) is 0 Å². The maximum Gasteiger partial charge on any atom is 0.261 e. The van der Waals surface area contributed by atoms with E-state index in [0.717, 1.165) is 38.3 Å². The van der Waals surface area contributed by atoms with E-state index in [1.165, 1.54) is 0 Å². The van der Waals surface area contributed by atoms with Crippen LogP contribution in [0.1, 0.15) is 12.2 Å². The molecule has 0 bridgehead atoms. The third-order valence-corrected chi connectivity index (χ3v) is 3.32. The van der Waals surface area contributed by atoms with Gasteiger partial charge in [-0.2, -0.15) is 0 Å². The van der Waals surface area contributed by atoms with E-state index in [1.54, 1.807) is 22.8 Å². The molecule has 0 aliphatic carbocycles. The number of aromatic nitrogens is 2. The molecule has 2 radical (unpaired) electrons. The molecule has 1 N–H and O–H groups in total. The van der Waals surface area contributed by atoms with Crippen LogP contribution in [0.15, 0.2) is 23.0 Å². The van der Waals surface area contributed by atoms with E-state index in [-0.39, 0.29) is 5.56 Å². The fourth-order valence-corrected chi connectivity index (χ4v) is 2.39. The summed E-state index contributed by atoms with van der Waals surface area (Å²) in [5, 5.41) is 3.98. The third-order valence-electron chi connectivity index (χ3n) is 3.32. The highest BCUT2D eigenvalue weighted by molar-refractivity contribution is 6.33. The maximum absolute atomic E-state index is 12.4. The number of rotatable bonds is 0. The SMILES string of the molecule is [B]c1ccc2c(=O)n3c(nc2c1)CCNCCC3. The van der Waals surface area contributed by atoms with E-state index in [2.05, 4.69) is 10.3 Å². The molecule has 0 saturated heterocycles. The molecule has 3 rings (SSSR count). The van der Waals surface area contributed by atoms with E-state index in [0.29, 0.717) is 16.4 Å². The van der Waals surface area contributed by atoms with Crippen LogP contribution < -0.4 is 16.3 Å². The van der Waals surface area contributed by atoms with Crippen LogP contribution in [0.3, 0.4) is 0 Å². The lowest BCUT2D eigenvalue weighted by Gasteiger charge is -2.17. The van der Waals surface area contributed by atoms with Gasteiger partial charge in [-0.3, -0.25) is 9.36 Å². The van der Waals surface area contributed by atoms with Crippen LogP contribution in [0.4, 0.5) is 0 Å². The van der Waals surface area contributed by atoms with Gasteiger partial charge in [0.2, 0.25) is 0 Å². The number of benzene rings is 1. The van der Waals surface area contributed by atoms with Crippen molar-refractivity contribution in [2.75, 3.05) is 13.1 Å². The molecule has 1 aromatic carbocycles. The molecule has 1 aromatic heterocycles. The van der Waals surface area contributed by atoms with Gasteiger partial charge in [0.1, 0.15) is 13.7 Å². The van der Waals surface area contributed by atoms with Gasteiger partial charge >= 0.3 is 0 Å². The Hall–Kier alpha value is -1.62. The van der Waals surface area contributed by atoms with Crippen LogP contribution in [0, 0.1) is 0 Å². The van der Waals surface area contributed by atoms with Crippen molar-refractivity contribution in [3.8, 4) is 0 Å². The monoisotopic (exact) mass is 239 g/mol. The summed E-state index contributed by atoms with van der Waals surface area (Å²) < 4.78 is 1.80. The van der Waals surface area contributed by atoms with Crippen LogP contribution in [0.25, 0.3) is 10.9 Å². The zero-order valence-electron chi connectivity index (χ0n) is 10.1. The molecule has 0 unspecified atom stereocenters. The molecule has 2 aromatic rings. The summed E-state index contributed by atoms with van der Waals surface area (Å²) in [6.45, 7) is 2.54. The summed E-state index contributed by atoms with van der Waals surface area (Å²) in [4.78, 5) is 17.0. The second kappa shape index (κ2) is 4.57. The van der Waals surface area contributed by atoms with Crippen molar-refractivity contribution < 1.29 is 0 Å².